The zero-order valence-electron chi connectivity index (χ0n) is 10.8. The van der Waals surface area contributed by atoms with Crippen LogP contribution in [0.15, 0.2) is 0 Å². The van der Waals surface area contributed by atoms with Crippen LogP contribution >= 0.6 is 0 Å². The number of rotatable bonds is 2. The van der Waals surface area contributed by atoms with Gasteiger partial charge in [0.15, 0.2) is 0 Å². The van der Waals surface area contributed by atoms with E-state index in [9.17, 15) is 13.6 Å². The average molecular weight is 266 g/mol. The number of nitrogens with one attached hydrogen (secondary N) is 2. The second kappa shape index (κ2) is 5.36. The topological polar surface area (TPSA) is 70.6 Å². The lowest BCUT2D eigenvalue weighted by atomic mass is 9.87. The Balaban J connectivity index is 2.62. The summed E-state index contributed by atoms with van der Waals surface area (Å²) < 4.78 is 32.0. The zero-order valence-corrected chi connectivity index (χ0v) is 10.8. The van der Waals surface area contributed by atoms with Crippen LogP contribution in [0.1, 0.15) is 40.0 Å². The van der Waals surface area contributed by atoms with Crippen LogP contribution < -0.4 is 10.8 Å². The molecule has 1 aliphatic rings. The fourth-order valence-electron chi connectivity index (χ4n) is 1.97. The fourth-order valence-corrected chi connectivity index (χ4v) is 1.97. The molecule has 3 N–H and O–H groups in total. The summed E-state index contributed by atoms with van der Waals surface area (Å²) in [6.45, 7) is 5.05. The van der Waals surface area contributed by atoms with E-state index in [1.807, 2.05) is 0 Å². The number of hydrogen-bond acceptors (Lipinski definition) is 4. The first-order valence-electron chi connectivity index (χ1n) is 5.93. The van der Waals surface area contributed by atoms with Gasteiger partial charge in [-0.2, -0.15) is 5.48 Å². The van der Waals surface area contributed by atoms with Crippen molar-refractivity contribution in [3.63, 3.8) is 0 Å². The molecule has 7 heteroatoms. The van der Waals surface area contributed by atoms with Crippen molar-refractivity contribution in [2.24, 2.45) is 0 Å². The summed E-state index contributed by atoms with van der Waals surface area (Å²) in [7, 11) is 0. The van der Waals surface area contributed by atoms with Crippen molar-refractivity contribution >= 4 is 6.09 Å². The minimum absolute atomic E-state index is 0.283. The van der Waals surface area contributed by atoms with Gasteiger partial charge in [0, 0.05) is 6.42 Å². The Labute approximate surface area is 105 Å². The van der Waals surface area contributed by atoms with Gasteiger partial charge < -0.3 is 15.3 Å². The molecule has 1 saturated carbocycles. The standard InChI is InChI=1S/C11H20F2N2O3/c1-10(2,3)18-9(16)14-7-5-4-6-11(12,13)8(7)15-17/h7-8,15,17H,4-6H2,1-3H3,(H,14,16)/t7-,8-/m1/s1. The largest absolute Gasteiger partial charge is 0.444 e. The van der Waals surface area contributed by atoms with Crippen LogP contribution in [-0.4, -0.2) is 34.9 Å². The normalized spacial score (nSPS) is 27.7. The highest BCUT2D eigenvalue weighted by Crippen LogP contribution is 2.33. The molecule has 0 spiro atoms. The van der Waals surface area contributed by atoms with E-state index in [2.05, 4.69) is 5.32 Å². The van der Waals surface area contributed by atoms with Crippen molar-refractivity contribution in [3.8, 4) is 0 Å². The smallest absolute Gasteiger partial charge is 0.407 e. The monoisotopic (exact) mass is 266 g/mol. The van der Waals surface area contributed by atoms with Gasteiger partial charge in [-0.15, -0.1) is 0 Å². The van der Waals surface area contributed by atoms with E-state index in [-0.39, 0.29) is 12.8 Å². The maximum Gasteiger partial charge on any atom is 0.407 e. The minimum Gasteiger partial charge on any atom is -0.444 e. The second-order valence-corrected chi connectivity index (χ2v) is 5.51. The Bertz CT molecular complexity index is 305. The molecule has 1 aliphatic carbocycles. The Morgan fingerprint density at radius 3 is 2.56 bits per heavy atom. The number of amides is 1. The van der Waals surface area contributed by atoms with Crippen LogP contribution in [0.25, 0.3) is 0 Å². The van der Waals surface area contributed by atoms with Gasteiger partial charge in [0.05, 0.1) is 6.04 Å². The van der Waals surface area contributed by atoms with Gasteiger partial charge in [0.2, 0.25) is 0 Å². The minimum atomic E-state index is -3.05. The average Bonchev–Trinajstić information content (AvgIpc) is 2.13. The number of ether oxygens (including phenoxy) is 1. The molecule has 0 bridgehead atoms. The van der Waals surface area contributed by atoms with Gasteiger partial charge in [-0.3, -0.25) is 0 Å². The molecule has 0 aliphatic heterocycles. The lowest BCUT2D eigenvalue weighted by molar-refractivity contribution is -0.109. The number of hydrogen-bond donors (Lipinski definition) is 3. The number of alkyl carbamates (subject to hydrolysis) is 1. The van der Waals surface area contributed by atoms with E-state index in [0.29, 0.717) is 6.42 Å². The summed E-state index contributed by atoms with van der Waals surface area (Å²) in [5, 5.41) is 11.2. The van der Waals surface area contributed by atoms with Gasteiger partial charge in [0.25, 0.3) is 5.92 Å². The van der Waals surface area contributed by atoms with E-state index >= 15 is 0 Å². The van der Waals surface area contributed by atoms with E-state index in [1.165, 1.54) is 0 Å². The molecule has 1 rings (SSSR count). The molecule has 0 saturated heterocycles. The molecule has 1 fully saturated rings. The maximum absolute atomic E-state index is 13.5. The van der Waals surface area contributed by atoms with Crippen molar-refractivity contribution in [2.75, 3.05) is 0 Å². The van der Waals surface area contributed by atoms with Crippen molar-refractivity contribution in [1.29, 1.82) is 0 Å². The van der Waals surface area contributed by atoms with Crippen LogP contribution in [0.3, 0.4) is 0 Å². The predicted molar refractivity (Wildman–Crippen MR) is 60.7 cm³/mol. The molecular formula is C11H20F2N2O3. The van der Waals surface area contributed by atoms with Gasteiger partial charge in [-0.05, 0) is 33.6 Å². The lowest BCUT2D eigenvalue weighted by Gasteiger charge is -2.37. The van der Waals surface area contributed by atoms with Crippen molar-refractivity contribution < 1.29 is 23.5 Å². The predicted octanol–water partition coefficient (Wildman–Crippen LogP) is 2.05. The lowest BCUT2D eigenvalue weighted by Crippen LogP contribution is -2.60. The summed E-state index contributed by atoms with van der Waals surface area (Å²) in [5.41, 5.74) is 0.901. The maximum atomic E-state index is 13.5. The summed E-state index contributed by atoms with van der Waals surface area (Å²) >= 11 is 0. The highest BCUT2D eigenvalue weighted by Gasteiger charge is 2.47. The van der Waals surface area contributed by atoms with Crippen LogP contribution in [0.2, 0.25) is 0 Å². The number of carbonyl (C=O) groups excluding carboxylic acids is 1. The molecule has 18 heavy (non-hydrogen) atoms. The summed E-state index contributed by atoms with van der Waals surface area (Å²) in [5.74, 6) is -3.05. The first-order chi connectivity index (χ1) is 8.15. The van der Waals surface area contributed by atoms with Crippen molar-refractivity contribution in [1.82, 2.24) is 10.8 Å². The van der Waals surface area contributed by atoms with Gasteiger partial charge >= 0.3 is 6.09 Å². The van der Waals surface area contributed by atoms with E-state index in [0.717, 1.165) is 0 Å². The first kappa shape index (κ1) is 15.1. The number of carbonyl (C=O) groups is 1. The van der Waals surface area contributed by atoms with Crippen molar-refractivity contribution in [3.05, 3.63) is 0 Å². The SMILES string of the molecule is CC(C)(C)OC(=O)N[C@@H]1CCCC(F)(F)[C@@H]1NO. The third-order valence-corrected chi connectivity index (χ3v) is 2.72. The Morgan fingerprint density at radius 1 is 1.44 bits per heavy atom. The molecule has 5 nitrogen and oxygen atoms in total. The summed E-state index contributed by atoms with van der Waals surface area (Å²) in [4.78, 5) is 11.5. The number of halogens is 2. The van der Waals surface area contributed by atoms with E-state index < -0.39 is 29.7 Å². The van der Waals surface area contributed by atoms with Gasteiger partial charge in [0.1, 0.15) is 11.6 Å². The molecule has 0 aromatic rings. The van der Waals surface area contributed by atoms with Crippen LogP contribution in [0.5, 0.6) is 0 Å². The Kier molecular flexibility index (Phi) is 4.50. The molecule has 106 valence electrons. The number of alkyl halides is 2. The van der Waals surface area contributed by atoms with Crippen LogP contribution in [0, 0.1) is 0 Å². The van der Waals surface area contributed by atoms with E-state index in [1.54, 1.807) is 26.3 Å². The number of hydroxylamine groups is 1. The van der Waals surface area contributed by atoms with Crippen LogP contribution in [-0.2, 0) is 4.74 Å². The molecule has 2 atom stereocenters. The third-order valence-electron chi connectivity index (χ3n) is 2.72. The van der Waals surface area contributed by atoms with Crippen molar-refractivity contribution in [2.45, 2.75) is 63.6 Å². The Hall–Kier alpha value is -0.950. The zero-order chi connectivity index (χ0) is 14.0. The molecule has 0 radical (unpaired) electrons. The third kappa shape index (κ3) is 4.06. The van der Waals surface area contributed by atoms with Gasteiger partial charge in [-0.1, -0.05) is 0 Å². The highest BCUT2D eigenvalue weighted by atomic mass is 19.3. The first-order valence-corrected chi connectivity index (χ1v) is 5.93. The second-order valence-electron chi connectivity index (χ2n) is 5.51. The molecular weight excluding hydrogens is 246 g/mol. The molecule has 1 amide bonds. The quantitative estimate of drug-likeness (QED) is 0.669. The Morgan fingerprint density at radius 2 is 2.06 bits per heavy atom. The molecule has 0 aromatic carbocycles. The highest BCUT2D eigenvalue weighted by molar-refractivity contribution is 5.68. The fraction of sp³-hybridized carbons (Fsp3) is 0.909. The summed E-state index contributed by atoms with van der Waals surface area (Å²) in [6, 6.07) is -2.34. The molecule has 0 heterocycles. The van der Waals surface area contributed by atoms with Gasteiger partial charge in [-0.25, -0.2) is 13.6 Å². The van der Waals surface area contributed by atoms with E-state index in [4.69, 9.17) is 9.94 Å². The summed E-state index contributed by atoms with van der Waals surface area (Å²) in [6.07, 6.45) is -0.415. The molecule has 0 unspecified atom stereocenters. The van der Waals surface area contributed by atoms with Crippen LogP contribution in [0.4, 0.5) is 13.6 Å². The molecule has 0 aromatic heterocycles.